The van der Waals surface area contributed by atoms with Crippen LogP contribution in [0.5, 0.6) is 0 Å². The summed E-state index contributed by atoms with van der Waals surface area (Å²) in [6, 6.07) is 16.5. The van der Waals surface area contributed by atoms with E-state index in [4.69, 9.17) is 36.9 Å². The summed E-state index contributed by atoms with van der Waals surface area (Å²) in [5.74, 6) is 0.577. The molecule has 2 aromatic carbocycles. The summed E-state index contributed by atoms with van der Waals surface area (Å²) in [5.41, 5.74) is 11.9. The average Bonchev–Trinajstić information content (AvgIpc) is 3.05. The Morgan fingerprint density at radius 2 is 1.15 bits per heavy atom. The van der Waals surface area contributed by atoms with Gasteiger partial charge in [0.1, 0.15) is 5.78 Å². The number of aryl methyl sites for hydroxylation is 2. The van der Waals surface area contributed by atoms with Crippen molar-refractivity contribution in [2.75, 3.05) is 19.8 Å². The molecular weight excluding hydrogens is 763 g/mol. The molecule has 4 N–H and O–H groups in total. The molecule has 2 saturated carbocycles. The van der Waals surface area contributed by atoms with E-state index < -0.39 is 23.2 Å². The van der Waals surface area contributed by atoms with E-state index in [0.29, 0.717) is 0 Å². The normalized spacial score (nSPS) is 14.5. The van der Waals surface area contributed by atoms with Gasteiger partial charge < -0.3 is 26.0 Å². The number of Topliss-reactive ketones (excluding diaryl/α,β-unsaturated/α-hetero) is 1. The summed E-state index contributed by atoms with van der Waals surface area (Å²) >= 11 is -0.931. The van der Waals surface area contributed by atoms with Crippen molar-refractivity contribution in [2.24, 2.45) is 10.8 Å². The molecule has 52 heavy (non-hydrogen) atoms. The first kappa shape index (κ1) is 49.3. The molecule has 0 atom stereocenters. The predicted molar refractivity (Wildman–Crippen MR) is 216 cm³/mol. The number of hydrogen-bond acceptors (Lipinski definition) is 5. The minimum atomic E-state index is -1.33. The van der Waals surface area contributed by atoms with Gasteiger partial charge in [0.05, 0.1) is 6.42 Å². The van der Waals surface area contributed by atoms with Crippen LogP contribution in [0.1, 0.15) is 95.8 Å². The number of nitrogens with two attached hydrogens (primary N) is 1. The van der Waals surface area contributed by atoms with Gasteiger partial charge in [0, 0.05) is 50.2 Å². The van der Waals surface area contributed by atoms with Gasteiger partial charge in [-0.2, -0.15) is 0 Å². The Morgan fingerprint density at radius 1 is 0.846 bits per heavy atom. The van der Waals surface area contributed by atoms with E-state index in [2.05, 4.69) is 45.4 Å². The summed E-state index contributed by atoms with van der Waals surface area (Å²) in [5, 5.41) is 13.8. The van der Waals surface area contributed by atoms with Crippen molar-refractivity contribution in [3.05, 3.63) is 76.6 Å². The van der Waals surface area contributed by atoms with Gasteiger partial charge in [-0.05, 0) is 94.0 Å². The number of rotatable bonds is 10. The van der Waals surface area contributed by atoms with E-state index in [9.17, 15) is 14.4 Å². The van der Waals surface area contributed by atoms with Crippen LogP contribution in [0.2, 0.25) is 19.6 Å². The summed E-state index contributed by atoms with van der Waals surface area (Å²) in [4.78, 5) is 37.0. The number of anilines is 1. The molecule has 2 fully saturated rings. The molecule has 0 heterocycles. The van der Waals surface area contributed by atoms with Gasteiger partial charge in [-0.15, -0.1) is 0 Å². The van der Waals surface area contributed by atoms with Crippen molar-refractivity contribution in [2.45, 2.75) is 124 Å². The quantitative estimate of drug-likeness (QED) is 0.125. The molecular formula is C40H61Cl2N5O3SiZn. The van der Waals surface area contributed by atoms with Crippen LogP contribution >= 0.6 is 19.4 Å². The number of nitriles is 1. The Kier molecular flexibility index (Phi) is 23.2. The summed E-state index contributed by atoms with van der Waals surface area (Å²) in [7, 11) is 12.0. The molecule has 4 rings (SSSR count). The van der Waals surface area contributed by atoms with Gasteiger partial charge in [0.25, 0.3) is 0 Å². The number of benzene rings is 2. The minimum absolute atomic E-state index is 0.101. The Hall–Kier alpha value is -2.75. The predicted octanol–water partition coefficient (Wildman–Crippen LogP) is 9.25. The Labute approximate surface area is 330 Å². The second kappa shape index (κ2) is 24.5. The standard InChI is InChI=1S/C19H26N2O.C14H20N2O.C4H9NSi.C3H6O.2ClH.Zn/c1-18(2,21-4)14-16-8-6-15(7-9-16)10-13-19(11-5-12-19)17(22)20-3;1-16-13(17)14(8-2-9-14)10-7-11-3-5-12(15)6-4-11;1-6(2,3)4-5;1-3(2)4;;;/h6-9H,5,10-14H2,1-3H3,(H,20,22);3-6H,2,7-10,15H2,1H3,(H,16,17);1-3H3;1-2H3;2*1H;/q;;;;;;+2/p-2. The molecule has 12 heteroatoms. The second-order valence-electron chi connectivity index (χ2n) is 15.5. The Balaban J connectivity index is 0.000000761. The molecule has 2 aromatic rings. The van der Waals surface area contributed by atoms with E-state index in [0.717, 1.165) is 69.9 Å². The van der Waals surface area contributed by atoms with Crippen LogP contribution in [0, 0.1) is 28.4 Å². The zero-order valence-electron chi connectivity index (χ0n) is 33.1. The van der Waals surface area contributed by atoms with Gasteiger partial charge in [0.2, 0.25) is 17.4 Å². The maximum atomic E-state index is 12.0. The first-order chi connectivity index (χ1) is 24.3. The van der Waals surface area contributed by atoms with Crippen LogP contribution in [-0.2, 0) is 48.8 Å². The first-order valence-corrected chi connectivity index (χ1v) is 29.3. The first-order valence-electron chi connectivity index (χ1n) is 18.0. The number of ketones is 1. The number of halogens is 2. The zero-order valence-corrected chi connectivity index (χ0v) is 38.5. The second-order valence-corrected chi connectivity index (χ2v) is 24.8. The molecule has 2 aliphatic carbocycles. The molecule has 0 aliphatic heterocycles. The van der Waals surface area contributed by atoms with Crippen LogP contribution in [0.15, 0.2) is 48.5 Å². The number of nitrogens with zero attached hydrogens (tertiary/aromatic N) is 2. The molecule has 8 nitrogen and oxygen atoms in total. The molecule has 0 spiro atoms. The van der Waals surface area contributed by atoms with Crippen LogP contribution in [0.3, 0.4) is 0 Å². The van der Waals surface area contributed by atoms with Gasteiger partial charge in [-0.25, -0.2) is 11.8 Å². The summed E-state index contributed by atoms with van der Waals surface area (Å²) in [6.07, 6.45) is 11.0. The van der Waals surface area contributed by atoms with Gasteiger partial charge >= 0.3 is 34.5 Å². The van der Waals surface area contributed by atoms with Crippen molar-refractivity contribution in [3.8, 4) is 5.69 Å². The van der Waals surface area contributed by atoms with Crippen LogP contribution in [-0.4, -0.2) is 45.3 Å². The number of nitrogen functional groups attached to an aromatic ring is 1. The van der Waals surface area contributed by atoms with Crippen LogP contribution in [0.4, 0.5) is 5.69 Å². The van der Waals surface area contributed by atoms with Crippen molar-refractivity contribution >= 4 is 50.7 Å². The average molecular weight is 824 g/mol. The monoisotopic (exact) mass is 821 g/mol. The number of carbonyl (C=O) groups excluding carboxylic acids is 3. The van der Waals surface area contributed by atoms with Gasteiger partial charge in [-0.1, -0.05) is 68.9 Å². The topological polar surface area (TPSA) is 129 Å². The van der Waals surface area contributed by atoms with Crippen LogP contribution in [0.25, 0.3) is 4.85 Å². The third-order valence-corrected chi connectivity index (χ3v) is 9.77. The molecule has 0 bridgehead atoms. The number of hydrogen-bond donors (Lipinski definition) is 3. The van der Waals surface area contributed by atoms with Crippen molar-refractivity contribution < 1.29 is 29.5 Å². The fourth-order valence-corrected chi connectivity index (χ4v) is 5.73. The fourth-order valence-electron chi connectivity index (χ4n) is 5.73. The number of nitrogens with one attached hydrogen (secondary N) is 2. The number of carbonyl (C=O) groups is 3. The molecule has 0 saturated heterocycles. The van der Waals surface area contributed by atoms with Gasteiger partial charge in [0.15, 0.2) is 8.07 Å². The van der Waals surface area contributed by atoms with Crippen molar-refractivity contribution in [3.63, 3.8) is 0 Å². The maximum absolute atomic E-state index is 12.0. The Morgan fingerprint density at radius 3 is 1.40 bits per heavy atom. The van der Waals surface area contributed by atoms with E-state index in [1.807, 2.05) is 57.8 Å². The van der Waals surface area contributed by atoms with Crippen molar-refractivity contribution in [1.82, 2.24) is 10.6 Å². The van der Waals surface area contributed by atoms with Crippen molar-refractivity contribution in [1.29, 1.82) is 5.26 Å². The molecule has 0 unspecified atom stereocenters. The molecule has 2 amide bonds. The Bertz CT molecular complexity index is 1450. The third kappa shape index (κ3) is 19.4. The summed E-state index contributed by atoms with van der Waals surface area (Å²) in [6.45, 7) is 20.3. The van der Waals surface area contributed by atoms with Crippen LogP contribution < -0.4 is 16.4 Å². The zero-order chi connectivity index (χ0) is 40.0. The molecule has 0 radical (unpaired) electrons. The van der Waals surface area contributed by atoms with E-state index in [1.165, 1.54) is 37.0 Å². The molecule has 2 aliphatic rings. The number of amides is 2. The van der Waals surface area contributed by atoms with Gasteiger partial charge in [-0.3, -0.25) is 9.59 Å². The van der Waals surface area contributed by atoms with E-state index in [-0.39, 0.29) is 34.0 Å². The molecule has 284 valence electrons. The SMILES string of the molecule is CC(C)=O.CNC(=O)C1(CCc2ccc(N)cc2)CCC1.C[Si](C)(C)C#N.[C-]#[N+]C(C)(C)Cc1ccc(CCC2(C(=O)NC)CCC2)cc1.[Cl][Zn][Cl]. The third-order valence-electron chi connectivity index (χ3n) is 9.10. The summed E-state index contributed by atoms with van der Waals surface area (Å²) < 4.78 is 0. The fraction of sp³-hybridized carbons (Fsp3) is 0.575. The van der Waals surface area contributed by atoms with E-state index in [1.54, 1.807) is 14.1 Å². The molecule has 0 aromatic heterocycles. The van der Waals surface area contributed by atoms with E-state index >= 15 is 0 Å².